The van der Waals surface area contributed by atoms with E-state index in [1.807, 2.05) is 38.1 Å². The Balaban J connectivity index is 0.000000531. The van der Waals surface area contributed by atoms with Crippen molar-refractivity contribution < 1.29 is 0 Å². The molecule has 0 spiro atoms. The smallest absolute Gasteiger partial charge is 0.155 e. The molecule has 0 saturated carbocycles. The van der Waals surface area contributed by atoms with Crippen LogP contribution >= 0.6 is 0 Å². The van der Waals surface area contributed by atoms with Crippen LogP contribution in [0, 0.1) is 0 Å². The summed E-state index contributed by atoms with van der Waals surface area (Å²) in [6, 6.07) is 7.99. The number of aromatic nitrogens is 2. The number of nitrogens with two attached hydrogens (primary N) is 1. The summed E-state index contributed by atoms with van der Waals surface area (Å²) in [6.07, 6.45) is 0. The van der Waals surface area contributed by atoms with E-state index in [0.29, 0.717) is 6.54 Å². The van der Waals surface area contributed by atoms with Gasteiger partial charge in [0.05, 0.1) is 5.52 Å². The van der Waals surface area contributed by atoms with Crippen LogP contribution in [0.3, 0.4) is 0 Å². The lowest BCUT2D eigenvalue weighted by Crippen LogP contribution is -2.13. The minimum atomic E-state index is 0.612. The van der Waals surface area contributed by atoms with Crippen molar-refractivity contribution in [1.82, 2.24) is 10.2 Å². The van der Waals surface area contributed by atoms with Gasteiger partial charge in [0, 0.05) is 18.5 Å². The summed E-state index contributed by atoms with van der Waals surface area (Å²) in [7, 11) is 0. The Morgan fingerprint density at radius 1 is 1.33 bits per heavy atom. The largest absolute Gasteiger partial charge is 0.367 e. The van der Waals surface area contributed by atoms with Gasteiger partial charge >= 0.3 is 0 Å². The van der Waals surface area contributed by atoms with Gasteiger partial charge in [0.2, 0.25) is 0 Å². The van der Waals surface area contributed by atoms with Gasteiger partial charge in [-0.15, -0.1) is 0 Å². The Morgan fingerprint density at radius 3 is 2.80 bits per heavy atom. The number of fused-ring (bicyclic) bond motifs is 1. The van der Waals surface area contributed by atoms with Crippen molar-refractivity contribution in [3.05, 3.63) is 24.3 Å². The normalized spacial score (nSPS) is 9.53. The maximum absolute atomic E-state index is 5.39. The molecule has 0 unspecified atom stereocenters. The first-order valence-corrected chi connectivity index (χ1v) is 5.29. The number of nitrogens with zero attached hydrogens (tertiary/aromatic N) is 1. The van der Waals surface area contributed by atoms with Crippen molar-refractivity contribution in [1.29, 1.82) is 0 Å². The molecular formula is C11H18N4. The molecule has 0 fully saturated rings. The highest BCUT2D eigenvalue weighted by Gasteiger charge is 2.01. The third-order valence-corrected chi connectivity index (χ3v) is 1.91. The molecule has 0 saturated heterocycles. The number of nitrogens with one attached hydrogen (secondary N) is 2. The third kappa shape index (κ3) is 2.70. The maximum Gasteiger partial charge on any atom is 0.155 e. The van der Waals surface area contributed by atoms with E-state index in [2.05, 4.69) is 15.5 Å². The molecular weight excluding hydrogens is 188 g/mol. The third-order valence-electron chi connectivity index (χ3n) is 1.91. The lowest BCUT2D eigenvalue weighted by Gasteiger charge is -1.99. The van der Waals surface area contributed by atoms with Crippen LogP contribution in [0.15, 0.2) is 24.3 Å². The molecule has 0 atom stereocenters. The molecule has 1 heterocycles. The molecule has 0 aliphatic rings. The van der Waals surface area contributed by atoms with E-state index in [1.54, 1.807) is 0 Å². The van der Waals surface area contributed by atoms with Crippen LogP contribution in [0.1, 0.15) is 13.8 Å². The molecule has 2 rings (SSSR count). The molecule has 2 aromatic rings. The van der Waals surface area contributed by atoms with Crippen molar-refractivity contribution in [3.63, 3.8) is 0 Å². The van der Waals surface area contributed by atoms with Crippen LogP contribution in [0.2, 0.25) is 0 Å². The number of benzene rings is 1. The summed E-state index contributed by atoms with van der Waals surface area (Å²) in [5.74, 6) is 0.876. The second-order valence-corrected chi connectivity index (χ2v) is 2.83. The summed E-state index contributed by atoms with van der Waals surface area (Å²) in [5.41, 5.74) is 6.43. The second-order valence-electron chi connectivity index (χ2n) is 2.83. The number of H-pyrrole nitrogens is 1. The van der Waals surface area contributed by atoms with Gasteiger partial charge in [0.25, 0.3) is 0 Å². The minimum absolute atomic E-state index is 0.612. The molecule has 15 heavy (non-hydrogen) atoms. The highest BCUT2D eigenvalue weighted by molar-refractivity contribution is 5.89. The summed E-state index contributed by atoms with van der Waals surface area (Å²) in [5, 5.41) is 11.3. The summed E-state index contributed by atoms with van der Waals surface area (Å²) >= 11 is 0. The maximum atomic E-state index is 5.39. The fraction of sp³-hybridized carbons (Fsp3) is 0.364. The molecule has 4 nitrogen and oxygen atoms in total. The van der Waals surface area contributed by atoms with Gasteiger partial charge in [-0.25, -0.2) is 0 Å². The molecule has 0 aliphatic heterocycles. The van der Waals surface area contributed by atoms with E-state index in [-0.39, 0.29) is 0 Å². The van der Waals surface area contributed by atoms with E-state index >= 15 is 0 Å². The van der Waals surface area contributed by atoms with Gasteiger partial charge in [-0.3, -0.25) is 5.10 Å². The predicted molar refractivity (Wildman–Crippen MR) is 65.0 cm³/mol. The van der Waals surface area contributed by atoms with Crippen molar-refractivity contribution >= 4 is 16.7 Å². The SMILES string of the molecule is CC.NCCNc1n[nH]c2ccccc12. The molecule has 4 heteroatoms. The zero-order valence-corrected chi connectivity index (χ0v) is 9.25. The molecule has 0 aliphatic carbocycles. The number of aromatic amines is 1. The monoisotopic (exact) mass is 206 g/mol. The number of hydrogen-bond acceptors (Lipinski definition) is 3. The Labute approximate surface area is 89.9 Å². The van der Waals surface area contributed by atoms with Gasteiger partial charge in [-0.05, 0) is 12.1 Å². The zero-order valence-electron chi connectivity index (χ0n) is 9.25. The van der Waals surface area contributed by atoms with Crippen LogP contribution in [-0.4, -0.2) is 23.3 Å². The molecule has 4 N–H and O–H groups in total. The van der Waals surface area contributed by atoms with E-state index in [1.165, 1.54) is 0 Å². The fourth-order valence-electron chi connectivity index (χ4n) is 1.29. The van der Waals surface area contributed by atoms with E-state index in [9.17, 15) is 0 Å². The van der Waals surface area contributed by atoms with E-state index in [4.69, 9.17) is 5.73 Å². The molecule has 1 aromatic heterocycles. The average Bonchev–Trinajstić information content (AvgIpc) is 2.72. The lowest BCUT2D eigenvalue weighted by atomic mass is 10.2. The van der Waals surface area contributed by atoms with Crippen LogP contribution in [-0.2, 0) is 0 Å². The first-order chi connectivity index (χ1) is 7.42. The quantitative estimate of drug-likeness (QED) is 0.719. The Hall–Kier alpha value is -1.55. The first kappa shape index (κ1) is 11.5. The topological polar surface area (TPSA) is 66.7 Å². The highest BCUT2D eigenvalue weighted by Crippen LogP contribution is 2.18. The average molecular weight is 206 g/mol. The van der Waals surface area contributed by atoms with Crippen molar-refractivity contribution in [2.45, 2.75) is 13.8 Å². The van der Waals surface area contributed by atoms with Gasteiger partial charge in [0.1, 0.15) is 0 Å². The minimum Gasteiger partial charge on any atom is -0.367 e. The molecule has 0 bridgehead atoms. The Bertz CT molecular complexity index is 394. The van der Waals surface area contributed by atoms with Crippen molar-refractivity contribution in [2.24, 2.45) is 5.73 Å². The van der Waals surface area contributed by atoms with Crippen molar-refractivity contribution in [2.75, 3.05) is 18.4 Å². The molecule has 82 valence electrons. The molecule has 0 amide bonds. The lowest BCUT2D eigenvalue weighted by molar-refractivity contribution is 1.00. The standard InChI is InChI=1S/C9H12N4.C2H6/c10-5-6-11-9-7-3-1-2-4-8(7)12-13-9;1-2/h1-4H,5-6,10H2,(H2,11,12,13);1-2H3. The van der Waals surface area contributed by atoms with Gasteiger partial charge in [-0.1, -0.05) is 26.0 Å². The van der Waals surface area contributed by atoms with E-state index in [0.717, 1.165) is 23.3 Å². The summed E-state index contributed by atoms with van der Waals surface area (Å²) < 4.78 is 0. The molecule has 1 aromatic carbocycles. The van der Waals surface area contributed by atoms with E-state index < -0.39 is 0 Å². The fourth-order valence-corrected chi connectivity index (χ4v) is 1.29. The van der Waals surface area contributed by atoms with Gasteiger partial charge in [-0.2, -0.15) is 5.10 Å². The first-order valence-electron chi connectivity index (χ1n) is 5.29. The number of para-hydroxylation sites is 1. The Morgan fingerprint density at radius 2 is 2.07 bits per heavy atom. The number of anilines is 1. The van der Waals surface area contributed by atoms with Crippen molar-refractivity contribution in [3.8, 4) is 0 Å². The van der Waals surface area contributed by atoms with Crippen LogP contribution in [0.5, 0.6) is 0 Å². The Kier molecular flexibility index (Phi) is 4.63. The number of hydrogen-bond donors (Lipinski definition) is 3. The van der Waals surface area contributed by atoms with Gasteiger partial charge < -0.3 is 11.1 Å². The summed E-state index contributed by atoms with van der Waals surface area (Å²) in [4.78, 5) is 0. The zero-order chi connectivity index (χ0) is 11.1. The summed E-state index contributed by atoms with van der Waals surface area (Å²) in [6.45, 7) is 5.36. The molecule has 0 radical (unpaired) electrons. The highest BCUT2D eigenvalue weighted by atomic mass is 15.2. The van der Waals surface area contributed by atoms with Gasteiger partial charge in [0.15, 0.2) is 5.82 Å². The van der Waals surface area contributed by atoms with Crippen LogP contribution < -0.4 is 11.1 Å². The van der Waals surface area contributed by atoms with Crippen LogP contribution in [0.25, 0.3) is 10.9 Å². The number of rotatable bonds is 3. The second kappa shape index (κ2) is 6.03. The predicted octanol–water partition coefficient (Wildman–Crippen LogP) is 1.96. The van der Waals surface area contributed by atoms with Crippen LogP contribution in [0.4, 0.5) is 5.82 Å².